The van der Waals surface area contributed by atoms with Crippen LogP contribution in [0.4, 0.5) is 0 Å². The molecule has 0 aliphatic heterocycles. The minimum Gasteiger partial charge on any atom is -0.300 e. The number of nitrogens with zero attached hydrogens (tertiary/aromatic N) is 5. The molecule has 5 aromatic carbocycles. The summed E-state index contributed by atoms with van der Waals surface area (Å²) in [5.74, 6) is 0.650. The van der Waals surface area contributed by atoms with Crippen LogP contribution in [0.2, 0.25) is 0 Å². The van der Waals surface area contributed by atoms with Crippen LogP contribution in [0.1, 0.15) is 0 Å². The zero-order valence-corrected chi connectivity index (χ0v) is 21.4. The Balaban J connectivity index is 1.45. The van der Waals surface area contributed by atoms with E-state index in [1.165, 1.54) is 0 Å². The van der Waals surface area contributed by atoms with Crippen molar-refractivity contribution in [3.05, 3.63) is 128 Å². The number of fused-ring (bicyclic) bond motifs is 9. The normalized spacial score (nSPS) is 12.0. The Bertz CT molecular complexity index is 2430. The topological polar surface area (TPSA) is 48.0 Å². The van der Waals surface area contributed by atoms with Crippen LogP contribution >= 0.6 is 0 Å². The number of hydrogen-bond acceptors (Lipinski definition) is 3. The van der Waals surface area contributed by atoms with Crippen LogP contribution in [0.25, 0.3) is 77.4 Å². The molecule has 0 amide bonds. The van der Waals surface area contributed by atoms with Gasteiger partial charge in [0.2, 0.25) is 5.95 Å². The molecule has 5 nitrogen and oxygen atoms in total. The lowest BCUT2D eigenvalue weighted by molar-refractivity contribution is 1.02. The number of benzene rings is 5. The first-order valence-corrected chi connectivity index (χ1v) is 13.4. The molecule has 4 aromatic heterocycles. The maximum atomic E-state index is 5.28. The van der Waals surface area contributed by atoms with Gasteiger partial charge in [0.05, 0.1) is 33.3 Å². The highest BCUT2D eigenvalue weighted by Gasteiger charge is 2.19. The van der Waals surface area contributed by atoms with Crippen LogP contribution in [-0.2, 0) is 0 Å². The van der Waals surface area contributed by atoms with Crippen molar-refractivity contribution in [3.63, 3.8) is 0 Å². The van der Waals surface area contributed by atoms with E-state index in [1.807, 2.05) is 24.3 Å². The van der Waals surface area contributed by atoms with Gasteiger partial charge >= 0.3 is 0 Å². The number of pyridine rings is 1. The molecule has 0 N–H and O–H groups in total. The Morgan fingerprint density at radius 1 is 0.500 bits per heavy atom. The highest BCUT2D eigenvalue weighted by atomic mass is 15.2. The standard InChI is InChI=1S/C35H21N5/c1-2-11-23(12-3-1)33-26-18-17-22-10-4-5-13-24(22)34(26)38-35(37-33)40-29-15-7-6-14-25(29)27-20-31-28(21-30(27)40)36-32-16-8-9-19-39(31)32/h1-21H. The van der Waals surface area contributed by atoms with Crippen LogP contribution < -0.4 is 0 Å². The van der Waals surface area contributed by atoms with E-state index in [2.05, 4.69) is 112 Å². The fourth-order valence-electron chi connectivity index (χ4n) is 6.11. The quantitative estimate of drug-likeness (QED) is 0.219. The van der Waals surface area contributed by atoms with E-state index >= 15 is 0 Å². The monoisotopic (exact) mass is 511 g/mol. The van der Waals surface area contributed by atoms with Crippen LogP contribution in [0, 0.1) is 0 Å². The molecule has 0 aliphatic rings. The second kappa shape index (κ2) is 7.98. The van der Waals surface area contributed by atoms with Gasteiger partial charge in [-0.15, -0.1) is 0 Å². The largest absolute Gasteiger partial charge is 0.300 e. The molecule has 0 bridgehead atoms. The first-order valence-electron chi connectivity index (χ1n) is 13.4. The van der Waals surface area contributed by atoms with Gasteiger partial charge in [-0.1, -0.05) is 84.9 Å². The SMILES string of the molecule is c1ccc(-c2nc(-n3c4ccccc4c4cc5c(cc43)nc3ccccn35)nc3c2ccc2ccccc23)cc1. The Morgan fingerprint density at radius 2 is 1.30 bits per heavy atom. The van der Waals surface area contributed by atoms with Gasteiger partial charge in [-0.3, -0.25) is 8.97 Å². The summed E-state index contributed by atoms with van der Waals surface area (Å²) in [4.78, 5) is 15.5. The van der Waals surface area contributed by atoms with Crippen LogP contribution in [0.15, 0.2) is 128 Å². The van der Waals surface area contributed by atoms with E-state index in [1.54, 1.807) is 0 Å². The maximum absolute atomic E-state index is 5.28. The number of rotatable bonds is 2. The summed E-state index contributed by atoms with van der Waals surface area (Å²) < 4.78 is 4.34. The lowest BCUT2D eigenvalue weighted by Gasteiger charge is -2.13. The molecule has 4 heterocycles. The van der Waals surface area contributed by atoms with Gasteiger partial charge in [0.1, 0.15) is 5.65 Å². The highest BCUT2D eigenvalue weighted by molar-refractivity contribution is 6.14. The number of aromatic nitrogens is 5. The molecule has 186 valence electrons. The number of imidazole rings is 1. The van der Waals surface area contributed by atoms with Crippen molar-refractivity contribution in [1.29, 1.82) is 0 Å². The molecule has 0 aliphatic carbocycles. The molecular formula is C35H21N5. The molecule has 5 heteroatoms. The summed E-state index contributed by atoms with van der Waals surface area (Å²) in [6.45, 7) is 0. The van der Waals surface area contributed by atoms with Gasteiger partial charge in [0.15, 0.2) is 0 Å². The van der Waals surface area contributed by atoms with E-state index in [9.17, 15) is 0 Å². The van der Waals surface area contributed by atoms with E-state index in [-0.39, 0.29) is 0 Å². The van der Waals surface area contributed by atoms with Crippen molar-refractivity contribution in [2.75, 3.05) is 0 Å². The zero-order valence-electron chi connectivity index (χ0n) is 21.4. The third-order valence-corrected chi connectivity index (χ3v) is 7.93. The van der Waals surface area contributed by atoms with E-state index in [0.717, 1.165) is 71.4 Å². The molecule has 0 fully saturated rings. The Hall–Kier alpha value is -5.55. The summed E-state index contributed by atoms with van der Waals surface area (Å²) in [6.07, 6.45) is 2.07. The van der Waals surface area contributed by atoms with Gasteiger partial charge in [-0.05, 0) is 41.8 Å². The molecule has 9 aromatic rings. The Morgan fingerprint density at radius 3 is 2.23 bits per heavy atom. The van der Waals surface area contributed by atoms with E-state index in [4.69, 9.17) is 15.0 Å². The molecule has 0 unspecified atom stereocenters. The average molecular weight is 512 g/mol. The first kappa shape index (κ1) is 21.4. The summed E-state index contributed by atoms with van der Waals surface area (Å²) in [6, 6.07) is 42.2. The van der Waals surface area contributed by atoms with Crippen molar-refractivity contribution in [3.8, 4) is 17.2 Å². The smallest absolute Gasteiger partial charge is 0.235 e. The second-order valence-corrected chi connectivity index (χ2v) is 10.2. The summed E-state index contributed by atoms with van der Waals surface area (Å²) in [7, 11) is 0. The lowest BCUT2D eigenvalue weighted by atomic mass is 10.0. The summed E-state index contributed by atoms with van der Waals surface area (Å²) >= 11 is 0. The van der Waals surface area contributed by atoms with Gasteiger partial charge in [0, 0.05) is 33.3 Å². The number of hydrogen-bond donors (Lipinski definition) is 0. The maximum Gasteiger partial charge on any atom is 0.235 e. The molecule has 0 radical (unpaired) electrons. The molecule has 0 saturated heterocycles. The first-order chi connectivity index (χ1) is 19.8. The van der Waals surface area contributed by atoms with Crippen LogP contribution in [-0.4, -0.2) is 23.9 Å². The summed E-state index contributed by atoms with van der Waals surface area (Å²) in [5, 5.41) is 5.62. The molecule has 40 heavy (non-hydrogen) atoms. The average Bonchev–Trinajstić information content (AvgIpc) is 3.54. The van der Waals surface area contributed by atoms with Gasteiger partial charge < -0.3 is 0 Å². The molecule has 0 spiro atoms. The second-order valence-electron chi connectivity index (χ2n) is 10.2. The Kier molecular flexibility index (Phi) is 4.27. The highest BCUT2D eigenvalue weighted by Crippen LogP contribution is 2.37. The third kappa shape index (κ3) is 2.94. The molecular weight excluding hydrogens is 490 g/mol. The van der Waals surface area contributed by atoms with Gasteiger partial charge in [0.25, 0.3) is 0 Å². The lowest BCUT2D eigenvalue weighted by Crippen LogP contribution is -2.03. The zero-order chi connectivity index (χ0) is 26.2. The molecule has 0 atom stereocenters. The van der Waals surface area contributed by atoms with Crippen molar-refractivity contribution >= 4 is 60.2 Å². The molecule has 0 saturated carbocycles. The van der Waals surface area contributed by atoms with Crippen molar-refractivity contribution < 1.29 is 0 Å². The predicted octanol–water partition coefficient (Wildman–Crippen LogP) is 8.35. The van der Waals surface area contributed by atoms with E-state index in [0.29, 0.717) is 5.95 Å². The minimum atomic E-state index is 0.650. The van der Waals surface area contributed by atoms with Crippen molar-refractivity contribution in [1.82, 2.24) is 23.9 Å². The summed E-state index contributed by atoms with van der Waals surface area (Å²) in [5.41, 5.74) is 8.00. The van der Waals surface area contributed by atoms with Crippen LogP contribution in [0.5, 0.6) is 0 Å². The predicted molar refractivity (Wildman–Crippen MR) is 163 cm³/mol. The van der Waals surface area contributed by atoms with Gasteiger partial charge in [-0.25, -0.2) is 15.0 Å². The fraction of sp³-hybridized carbons (Fsp3) is 0. The van der Waals surface area contributed by atoms with Crippen molar-refractivity contribution in [2.24, 2.45) is 0 Å². The minimum absolute atomic E-state index is 0.650. The van der Waals surface area contributed by atoms with Crippen molar-refractivity contribution in [2.45, 2.75) is 0 Å². The Labute approximate surface area is 228 Å². The van der Waals surface area contributed by atoms with Crippen LogP contribution in [0.3, 0.4) is 0 Å². The number of para-hydroxylation sites is 1. The fourth-order valence-corrected chi connectivity index (χ4v) is 6.11. The third-order valence-electron chi connectivity index (χ3n) is 7.93. The van der Waals surface area contributed by atoms with Gasteiger partial charge in [-0.2, -0.15) is 0 Å². The molecule has 9 rings (SSSR count). The van der Waals surface area contributed by atoms with E-state index < -0.39 is 0 Å².